The number of hydrogen-bond donors (Lipinski definition) is 0. The molecule has 3 rings (SSSR count). The summed E-state index contributed by atoms with van der Waals surface area (Å²) in [4.78, 5) is 0. The number of hydrogen-bond acceptors (Lipinski definition) is 3. The number of hydrazone groups is 1. The second-order valence-corrected chi connectivity index (χ2v) is 8.17. The van der Waals surface area contributed by atoms with Crippen LogP contribution in [0.25, 0.3) is 0 Å². The molecule has 0 radical (unpaired) electrons. The number of allylic oxidation sites excluding steroid dienone is 1. The van der Waals surface area contributed by atoms with Gasteiger partial charge in [0.15, 0.2) is 0 Å². The largest absolute Gasteiger partial charge is 0.254 e. The number of halogens is 2. The van der Waals surface area contributed by atoms with Gasteiger partial charge in [0.25, 0.3) is 10.0 Å². The molecule has 2 aromatic carbocycles. The van der Waals surface area contributed by atoms with Gasteiger partial charge in [-0.15, -0.1) is 0 Å². The number of nitrogens with zero attached hydrogens (tertiary/aromatic N) is 2. The molecule has 0 bridgehead atoms. The Kier molecular flexibility index (Phi) is 4.91. The maximum absolute atomic E-state index is 13.8. The van der Waals surface area contributed by atoms with E-state index < -0.39 is 21.7 Å². The van der Waals surface area contributed by atoms with Crippen LogP contribution in [0.4, 0.5) is 8.78 Å². The minimum Gasteiger partial charge on any atom is -0.207 e. The first-order valence-corrected chi connectivity index (χ1v) is 9.64. The Morgan fingerprint density at radius 2 is 1.77 bits per heavy atom. The quantitative estimate of drug-likeness (QED) is 0.765. The van der Waals surface area contributed by atoms with E-state index in [4.69, 9.17) is 0 Å². The molecule has 0 unspecified atom stereocenters. The van der Waals surface area contributed by atoms with Crippen molar-refractivity contribution < 1.29 is 17.2 Å². The first-order chi connectivity index (χ1) is 12.3. The van der Waals surface area contributed by atoms with E-state index in [0.717, 1.165) is 9.99 Å². The van der Waals surface area contributed by atoms with Crippen LogP contribution in [0.1, 0.15) is 30.5 Å². The van der Waals surface area contributed by atoms with Crippen molar-refractivity contribution in [2.75, 3.05) is 6.54 Å². The van der Waals surface area contributed by atoms with Crippen LogP contribution in [0, 0.1) is 11.6 Å². The molecule has 0 aliphatic carbocycles. The zero-order chi connectivity index (χ0) is 18.9. The molecule has 2 aromatic rings. The molecule has 26 heavy (non-hydrogen) atoms. The minimum atomic E-state index is -3.73. The van der Waals surface area contributed by atoms with Gasteiger partial charge in [0.2, 0.25) is 0 Å². The fourth-order valence-electron chi connectivity index (χ4n) is 2.63. The van der Waals surface area contributed by atoms with Gasteiger partial charge >= 0.3 is 0 Å². The average Bonchev–Trinajstić information content (AvgIpc) is 2.67. The highest BCUT2D eigenvalue weighted by molar-refractivity contribution is 7.88. The fourth-order valence-corrected chi connectivity index (χ4v) is 3.93. The molecule has 0 fully saturated rings. The molecular weight excluding hydrogens is 358 g/mol. The van der Waals surface area contributed by atoms with E-state index in [2.05, 4.69) is 5.10 Å². The summed E-state index contributed by atoms with van der Waals surface area (Å²) < 4.78 is 53.6. The van der Waals surface area contributed by atoms with Crippen LogP contribution in [0.3, 0.4) is 0 Å². The van der Waals surface area contributed by atoms with Crippen molar-refractivity contribution in [2.45, 2.75) is 19.6 Å². The molecule has 1 aliphatic rings. The molecule has 136 valence electrons. The summed E-state index contributed by atoms with van der Waals surface area (Å²) in [6.07, 6.45) is 1.75. The van der Waals surface area contributed by atoms with Crippen molar-refractivity contribution in [3.05, 3.63) is 82.4 Å². The highest BCUT2D eigenvalue weighted by atomic mass is 32.2. The standard InChI is InChI=1S/C19H18F2N2O2S/c1-13(2)9-10-23-22-19(14-3-6-16(20)7-4-14)18-11-17(21)8-5-15(18)12-26(23,24)25/h3-9,11H,10,12H2,1-2H3. The number of benzene rings is 2. The van der Waals surface area contributed by atoms with Crippen LogP contribution < -0.4 is 0 Å². The summed E-state index contributed by atoms with van der Waals surface area (Å²) in [5.41, 5.74) is 2.60. The maximum atomic E-state index is 13.8. The molecular formula is C19H18F2N2O2S. The Labute approximate surface area is 151 Å². The van der Waals surface area contributed by atoms with Gasteiger partial charge in [0.05, 0.1) is 18.0 Å². The van der Waals surface area contributed by atoms with Gasteiger partial charge in [-0.1, -0.05) is 17.7 Å². The third-order valence-electron chi connectivity index (χ3n) is 3.97. The number of fused-ring (bicyclic) bond motifs is 1. The zero-order valence-electron chi connectivity index (χ0n) is 14.4. The van der Waals surface area contributed by atoms with Crippen LogP contribution in [0.5, 0.6) is 0 Å². The van der Waals surface area contributed by atoms with E-state index >= 15 is 0 Å². The molecule has 0 saturated heterocycles. The summed E-state index contributed by atoms with van der Waals surface area (Å²) in [6, 6.07) is 9.46. The normalized spacial score (nSPS) is 15.7. The predicted molar refractivity (Wildman–Crippen MR) is 97.2 cm³/mol. The lowest BCUT2D eigenvalue weighted by Gasteiger charge is -2.16. The van der Waals surface area contributed by atoms with Gasteiger partial charge in [0.1, 0.15) is 11.6 Å². The van der Waals surface area contributed by atoms with Crippen LogP contribution in [0.15, 0.2) is 59.2 Å². The number of rotatable bonds is 3. The van der Waals surface area contributed by atoms with Gasteiger partial charge in [-0.3, -0.25) is 0 Å². The van der Waals surface area contributed by atoms with E-state index in [0.29, 0.717) is 22.4 Å². The highest BCUT2D eigenvalue weighted by Gasteiger charge is 2.28. The molecule has 4 nitrogen and oxygen atoms in total. The molecule has 1 heterocycles. The van der Waals surface area contributed by atoms with Crippen molar-refractivity contribution in [2.24, 2.45) is 5.10 Å². The number of sulfonamides is 1. The van der Waals surface area contributed by atoms with Gasteiger partial charge in [0, 0.05) is 11.1 Å². The third kappa shape index (κ3) is 3.83. The first kappa shape index (κ1) is 18.3. The van der Waals surface area contributed by atoms with Crippen molar-refractivity contribution in [3.63, 3.8) is 0 Å². The summed E-state index contributed by atoms with van der Waals surface area (Å²) in [5.74, 6) is -1.20. The molecule has 0 amide bonds. The Morgan fingerprint density at radius 3 is 2.42 bits per heavy atom. The molecule has 0 spiro atoms. The molecule has 0 aromatic heterocycles. The predicted octanol–water partition coefficient (Wildman–Crippen LogP) is 3.83. The first-order valence-electron chi connectivity index (χ1n) is 8.03. The molecule has 1 aliphatic heterocycles. The van der Waals surface area contributed by atoms with Crippen molar-refractivity contribution >= 4 is 15.7 Å². The molecule has 0 saturated carbocycles. The van der Waals surface area contributed by atoms with Crippen molar-refractivity contribution in [1.29, 1.82) is 0 Å². The average molecular weight is 376 g/mol. The van der Waals surface area contributed by atoms with Crippen LogP contribution in [0.2, 0.25) is 0 Å². The summed E-state index contributed by atoms with van der Waals surface area (Å²) in [7, 11) is -3.73. The Balaban J connectivity index is 2.22. The monoisotopic (exact) mass is 376 g/mol. The molecule has 0 N–H and O–H groups in total. The van der Waals surface area contributed by atoms with E-state index in [1.807, 2.05) is 13.8 Å². The van der Waals surface area contributed by atoms with Gasteiger partial charge in [-0.05, 0) is 55.8 Å². The summed E-state index contributed by atoms with van der Waals surface area (Å²) in [6.45, 7) is 3.80. The van der Waals surface area contributed by atoms with Crippen molar-refractivity contribution in [1.82, 2.24) is 4.41 Å². The Morgan fingerprint density at radius 1 is 1.12 bits per heavy atom. The topological polar surface area (TPSA) is 49.7 Å². The molecule has 0 atom stereocenters. The van der Waals surface area contributed by atoms with Gasteiger partial charge in [-0.2, -0.15) is 9.52 Å². The summed E-state index contributed by atoms with van der Waals surface area (Å²) >= 11 is 0. The lowest BCUT2D eigenvalue weighted by atomic mass is 9.98. The Hall–Kier alpha value is -2.54. The fraction of sp³-hybridized carbons (Fsp3) is 0.211. The van der Waals surface area contributed by atoms with Crippen LogP contribution in [-0.4, -0.2) is 25.1 Å². The van der Waals surface area contributed by atoms with E-state index in [1.54, 1.807) is 6.08 Å². The third-order valence-corrected chi connectivity index (χ3v) is 5.52. The van der Waals surface area contributed by atoms with E-state index in [1.165, 1.54) is 42.5 Å². The smallest absolute Gasteiger partial charge is 0.207 e. The molecule has 7 heteroatoms. The maximum Gasteiger partial charge on any atom is 0.254 e. The van der Waals surface area contributed by atoms with Crippen molar-refractivity contribution in [3.8, 4) is 0 Å². The van der Waals surface area contributed by atoms with Gasteiger partial charge < -0.3 is 0 Å². The van der Waals surface area contributed by atoms with E-state index in [-0.39, 0.29) is 12.3 Å². The lowest BCUT2D eigenvalue weighted by Crippen LogP contribution is -2.27. The lowest BCUT2D eigenvalue weighted by molar-refractivity contribution is 0.463. The SMILES string of the molecule is CC(C)=CCN1N=C(c2ccc(F)cc2)c2cc(F)ccc2CS1(=O)=O. The summed E-state index contributed by atoms with van der Waals surface area (Å²) in [5, 5.41) is 4.31. The minimum absolute atomic E-state index is 0.0752. The van der Waals surface area contributed by atoms with Crippen LogP contribution in [-0.2, 0) is 15.8 Å². The Bertz CT molecular complexity index is 993. The second-order valence-electron chi connectivity index (χ2n) is 6.30. The van der Waals surface area contributed by atoms with Crippen LogP contribution >= 0.6 is 0 Å². The zero-order valence-corrected chi connectivity index (χ0v) is 15.2. The van der Waals surface area contributed by atoms with E-state index in [9.17, 15) is 17.2 Å². The second kappa shape index (κ2) is 6.99. The van der Waals surface area contributed by atoms with Gasteiger partial charge in [-0.25, -0.2) is 17.2 Å². The highest BCUT2D eigenvalue weighted by Crippen LogP contribution is 2.25.